The predicted molar refractivity (Wildman–Crippen MR) is 72.6 cm³/mol. The summed E-state index contributed by atoms with van der Waals surface area (Å²) in [6.07, 6.45) is 5.18. The average molecular weight is 264 g/mol. The normalized spacial score (nSPS) is 23.1. The molecule has 104 valence electrons. The van der Waals surface area contributed by atoms with Gasteiger partial charge in [-0.2, -0.15) is 0 Å². The van der Waals surface area contributed by atoms with Gasteiger partial charge in [-0.15, -0.1) is 0 Å². The van der Waals surface area contributed by atoms with Crippen molar-refractivity contribution in [3.05, 3.63) is 35.1 Å². The summed E-state index contributed by atoms with van der Waals surface area (Å²) >= 11 is 0. The molecule has 2 rings (SSSR count). The molecule has 1 saturated carbocycles. The molecule has 1 aromatic carbocycles. The van der Waals surface area contributed by atoms with Crippen molar-refractivity contribution in [3.63, 3.8) is 0 Å². The van der Waals surface area contributed by atoms with E-state index in [1.54, 1.807) is 12.1 Å². The largest absolute Gasteiger partial charge is 0.459 e. The van der Waals surface area contributed by atoms with Crippen LogP contribution in [0.4, 0.5) is 4.39 Å². The minimum Gasteiger partial charge on any atom is -0.459 e. The molecule has 0 bridgehead atoms. The summed E-state index contributed by atoms with van der Waals surface area (Å²) < 4.78 is 19.1. The molecule has 2 nitrogen and oxygen atoms in total. The summed E-state index contributed by atoms with van der Waals surface area (Å²) in [7, 11) is 0. The molecule has 0 saturated heterocycles. The number of benzene rings is 1. The van der Waals surface area contributed by atoms with Gasteiger partial charge < -0.3 is 4.74 Å². The van der Waals surface area contributed by atoms with Crippen LogP contribution in [0.1, 0.15) is 54.9 Å². The van der Waals surface area contributed by atoms with E-state index in [-0.39, 0.29) is 11.7 Å². The molecular formula is C16H21FO2. The van der Waals surface area contributed by atoms with Crippen molar-refractivity contribution in [1.29, 1.82) is 0 Å². The number of aryl methyl sites for hydroxylation is 1. The van der Waals surface area contributed by atoms with E-state index in [1.165, 1.54) is 12.5 Å². The monoisotopic (exact) mass is 264 g/mol. The molecule has 2 atom stereocenters. The average Bonchev–Trinajstić information content (AvgIpc) is 2.41. The molecule has 1 aliphatic carbocycles. The Morgan fingerprint density at radius 3 is 2.95 bits per heavy atom. The zero-order valence-electron chi connectivity index (χ0n) is 11.6. The van der Waals surface area contributed by atoms with E-state index in [2.05, 4.69) is 6.92 Å². The molecule has 1 aromatic rings. The Hall–Kier alpha value is -1.38. The van der Waals surface area contributed by atoms with Crippen molar-refractivity contribution >= 4 is 5.97 Å². The lowest BCUT2D eigenvalue weighted by Gasteiger charge is -2.28. The zero-order chi connectivity index (χ0) is 13.8. The lowest BCUT2D eigenvalue weighted by molar-refractivity contribution is 0.0135. The highest BCUT2D eigenvalue weighted by atomic mass is 19.1. The lowest BCUT2D eigenvalue weighted by atomic mass is 9.85. The molecule has 19 heavy (non-hydrogen) atoms. The van der Waals surface area contributed by atoms with Crippen molar-refractivity contribution in [2.75, 3.05) is 0 Å². The van der Waals surface area contributed by atoms with Gasteiger partial charge >= 0.3 is 5.97 Å². The first-order chi connectivity index (χ1) is 9.10. The Kier molecular flexibility index (Phi) is 4.56. The van der Waals surface area contributed by atoms with Crippen LogP contribution in [0.25, 0.3) is 0 Å². The molecular weight excluding hydrogens is 243 g/mol. The van der Waals surface area contributed by atoms with E-state index in [1.807, 2.05) is 6.92 Å². The Bertz CT molecular complexity index is 456. The molecule has 0 N–H and O–H groups in total. The standard InChI is InChI=1S/C16H21FO2/c1-3-12-5-4-6-13(10-12)19-16(18)14-9-11(2)7-8-15(14)17/h7-9,12-13H,3-6,10H2,1-2H3. The smallest absolute Gasteiger partial charge is 0.341 e. The van der Waals surface area contributed by atoms with Gasteiger partial charge in [0, 0.05) is 0 Å². The Morgan fingerprint density at radius 2 is 2.21 bits per heavy atom. The predicted octanol–water partition coefficient (Wildman–Crippen LogP) is 4.26. The Morgan fingerprint density at radius 1 is 1.42 bits per heavy atom. The van der Waals surface area contributed by atoms with Crippen LogP contribution >= 0.6 is 0 Å². The summed E-state index contributed by atoms with van der Waals surface area (Å²) in [5, 5.41) is 0. The second-order valence-corrected chi connectivity index (χ2v) is 5.45. The van der Waals surface area contributed by atoms with Crippen LogP contribution in [0.15, 0.2) is 18.2 Å². The van der Waals surface area contributed by atoms with Gasteiger partial charge in [0.1, 0.15) is 11.9 Å². The van der Waals surface area contributed by atoms with Crippen LogP contribution in [0.2, 0.25) is 0 Å². The number of carbonyl (C=O) groups excluding carboxylic acids is 1. The summed E-state index contributed by atoms with van der Waals surface area (Å²) in [5.74, 6) is -0.393. The number of carbonyl (C=O) groups is 1. The summed E-state index contributed by atoms with van der Waals surface area (Å²) in [4.78, 5) is 12.0. The van der Waals surface area contributed by atoms with Crippen LogP contribution in [0, 0.1) is 18.7 Å². The zero-order valence-corrected chi connectivity index (χ0v) is 11.6. The molecule has 2 unspecified atom stereocenters. The quantitative estimate of drug-likeness (QED) is 0.762. The van der Waals surface area contributed by atoms with Crippen molar-refractivity contribution in [2.45, 2.75) is 52.1 Å². The molecule has 0 aliphatic heterocycles. The van der Waals surface area contributed by atoms with E-state index >= 15 is 0 Å². The van der Waals surface area contributed by atoms with Crippen LogP contribution in [-0.4, -0.2) is 12.1 Å². The highest BCUT2D eigenvalue weighted by molar-refractivity contribution is 5.90. The van der Waals surface area contributed by atoms with E-state index in [4.69, 9.17) is 4.74 Å². The number of hydrogen-bond donors (Lipinski definition) is 0. The van der Waals surface area contributed by atoms with Crippen molar-refractivity contribution < 1.29 is 13.9 Å². The first-order valence-electron chi connectivity index (χ1n) is 7.07. The number of rotatable bonds is 3. The van der Waals surface area contributed by atoms with E-state index < -0.39 is 11.8 Å². The molecule has 1 fully saturated rings. The van der Waals surface area contributed by atoms with Crippen molar-refractivity contribution in [1.82, 2.24) is 0 Å². The Balaban J connectivity index is 2.02. The highest BCUT2D eigenvalue weighted by Gasteiger charge is 2.25. The first kappa shape index (κ1) is 14.0. The van der Waals surface area contributed by atoms with Gasteiger partial charge in [0.15, 0.2) is 0 Å². The molecule has 0 amide bonds. The van der Waals surface area contributed by atoms with E-state index in [0.717, 1.165) is 31.2 Å². The maximum atomic E-state index is 13.6. The molecule has 0 aromatic heterocycles. The van der Waals surface area contributed by atoms with Gasteiger partial charge in [-0.1, -0.05) is 31.4 Å². The maximum absolute atomic E-state index is 13.6. The van der Waals surface area contributed by atoms with Crippen molar-refractivity contribution in [2.24, 2.45) is 5.92 Å². The lowest BCUT2D eigenvalue weighted by Crippen LogP contribution is -2.25. The SMILES string of the molecule is CCC1CCCC(OC(=O)c2cc(C)ccc2F)C1. The van der Waals surface area contributed by atoms with Gasteiger partial charge in [0.25, 0.3) is 0 Å². The third kappa shape index (κ3) is 3.55. The molecule has 0 radical (unpaired) electrons. The second kappa shape index (κ2) is 6.18. The fourth-order valence-electron chi connectivity index (χ4n) is 2.73. The maximum Gasteiger partial charge on any atom is 0.341 e. The van der Waals surface area contributed by atoms with Gasteiger partial charge in [0.2, 0.25) is 0 Å². The van der Waals surface area contributed by atoms with Crippen LogP contribution in [0.3, 0.4) is 0 Å². The van der Waals surface area contributed by atoms with E-state index in [9.17, 15) is 9.18 Å². The van der Waals surface area contributed by atoms with Crippen molar-refractivity contribution in [3.8, 4) is 0 Å². The third-order valence-electron chi connectivity index (χ3n) is 3.93. The summed E-state index contributed by atoms with van der Waals surface area (Å²) in [5.41, 5.74) is 0.919. The fraction of sp³-hybridized carbons (Fsp3) is 0.562. The number of hydrogen-bond acceptors (Lipinski definition) is 2. The van der Waals surface area contributed by atoms with Gasteiger partial charge in [-0.25, -0.2) is 9.18 Å². The fourth-order valence-corrected chi connectivity index (χ4v) is 2.73. The van der Waals surface area contributed by atoms with E-state index in [0.29, 0.717) is 5.92 Å². The van der Waals surface area contributed by atoms with Crippen LogP contribution < -0.4 is 0 Å². The minimum absolute atomic E-state index is 0.0499. The molecule has 1 aliphatic rings. The van der Waals surface area contributed by atoms with Crippen LogP contribution in [0.5, 0.6) is 0 Å². The number of ether oxygens (including phenoxy) is 1. The van der Waals surface area contributed by atoms with Crippen LogP contribution in [-0.2, 0) is 4.74 Å². The Labute approximate surface area is 114 Å². The molecule has 3 heteroatoms. The second-order valence-electron chi connectivity index (χ2n) is 5.45. The summed E-state index contributed by atoms with van der Waals surface area (Å²) in [6.45, 7) is 4.00. The number of halogens is 1. The minimum atomic E-state index is -0.525. The van der Waals surface area contributed by atoms with Gasteiger partial charge in [-0.05, 0) is 44.2 Å². The van der Waals surface area contributed by atoms with Gasteiger partial charge in [-0.3, -0.25) is 0 Å². The highest BCUT2D eigenvalue weighted by Crippen LogP contribution is 2.29. The topological polar surface area (TPSA) is 26.3 Å². The van der Waals surface area contributed by atoms with Gasteiger partial charge in [0.05, 0.1) is 5.56 Å². The molecule has 0 heterocycles. The third-order valence-corrected chi connectivity index (χ3v) is 3.93. The number of esters is 1. The first-order valence-corrected chi connectivity index (χ1v) is 7.07. The molecule has 0 spiro atoms. The summed E-state index contributed by atoms with van der Waals surface area (Å²) in [6, 6.07) is 4.53.